The molecular formula is C18H23N5O2. The van der Waals surface area contributed by atoms with Crippen molar-refractivity contribution in [2.45, 2.75) is 24.9 Å². The molecule has 4 rings (SSSR count). The van der Waals surface area contributed by atoms with Crippen LogP contribution in [0.4, 0.5) is 0 Å². The molecule has 2 aromatic heterocycles. The normalized spacial score (nSPS) is 24.1. The van der Waals surface area contributed by atoms with Crippen molar-refractivity contribution in [2.24, 2.45) is 0 Å². The molecule has 2 aromatic rings. The van der Waals surface area contributed by atoms with E-state index in [2.05, 4.69) is 15.0 Å². The molecule has 1 atom stereocenters. The molecule has 1 unspecified atom stereocenters. The van der Waals surface area contributed by atoms with Crippen LogP contribution in [-0.4, -0.2) is 73.9 Å². The first-order chi connectivity index (χ1) is 12.1. The largest absolute Gasteiger partial charge is 0.387 e. The number of carbonyl (C=O) groups excluding carboxylic acids is 1. The van der Waals surface area contributed by atoms with E-state index in [1.807, 2.05) is 12.3 Å². The molecule has 0 saturated carbocycles. The monoisotopic (exact) mass is 341 g/mol. The highest BCUT2D eigenvalue weighted by molar-refractivity contribution is 5.94. The van der Waals surface area contributed by atoms with E-state index < -0.39 is 5.60 Å². The van der Waals surface area contributed by atoms with E-state index >= 15 is 0 Å². The number of hydrogen-bond acceptors (Lipinski definition) is 5. The number of rotatable bonds is 4. The Bertz CT molecular complexity index is 724. The lowest BCUT2D eigenvalue weighted by Crippen LogP contribution is -2.45. The van der Waals surface area contributed by atoms with Gasteiger partial charge in [0.2, 0.25) is 0 Å². The van der Waals surface area contributed by atoms with Gasteiger partial charge in [0.1, 0.15) is 0 Å². The molecule has 0 radical (unpaired) electrons. The summed E-state index contributed by atoms with van der Waals surface area (Å²) in [7, 11) is 0. The van der Waals surface area contributed by atoms with Crippen molar-refractivity contribution in [1.82, 2.24) is 24.6 Å². The summed E-state index contributed by atoms with van der Waals surface area (Å²) in [5.74, 6) is 0.602. The molecule has 0 bridgehead atoms. The van der Waals surface area contributed by atoms with Gasteiger partial charge in [0.25, 0.3) is 5.91 Å². The second-order valence-electron chi connectivity index (χ2n) is 7.04. The average Bonchev–Trinajstić information content (AvgIpc) is 3.36. The fraction of sp³-hybridized carbons (Fsp3) is 0.500. The van der Waals surface area contributed by atoms with Crippen LogP contribution in [0.2, 0.25) is 0 Å². The summed E-state index contributed by atoms with van der Waals surface area (Å²) in [4.78, 5) is 21.1. The summed E-state index contributed by atoms with van der Waals surface area (Å²) in [6.07, 6.45) is 8.11. The summed E-state index contributed by atoms with van der Waals surface area (Å²) in [6, 6.07) is 5.38. The predicted molar refractivity (Wildman–Crippen MR) is 92.5 cm³/mol. The maximum Gasteiger partial charge on any atom is 0.255 e. The second-order valence-corrected chi connectivity index (χ2v) is 7.04. The molecule has 7 heteroatoms. The number of carbonyl (C=O) groups is 1. The van der Waals surface area contributed by atoms with Gasteiger partial charge in [-0.1, -0.05) is 0 Å². The van der Waals surface area contributed by atoms with Gasteiger partial charge in [-0.25, -0.2) is 9.67 Å². The van der Waals surface area contributed by atoms with Crippen molar-refractivity contribution < 1.29 is 9.90 Å². The summed E-state index contributed by atoms with van der Waals surface area (Å²) in [5.41, 5.74) is -0.246. The number of aliphatic hydroxyl groups is 1. The van der Waals surface area contributed by atoms with Crippen molar-refractivity contribution in [3.8, 4) is 5.82 Å². The Labute approximate surface area is 146 Å². The number of aromatic nitrogens is 3. The number of hydrogen-bond donors (Lipinski definition) is 1. The van der Waals surface area contributed by atoms with Gasteiger partial charge >= 0.3 is 0 Å². The number of likely N-dealkylation sites (tertiary alicyclic amines) is 2. The minimum Gasteiger partial charge on any atom is -0.387 e. The Morgan fingerprint density at radius 2 is 2.08 bits per heavy atom. The van der Waals surface area contributed by atoms with Crippen LogP contribution in [0.1, 0.15) is 29.6 Å². The first-order valence-corrected chi connectivity index (χ1v) is 8.83. The maximum atomic E-state index is 12.7. The first kappa shape index (κ1) is 16.2. The van der Waals surface area contributed by atoms with Crippen LogP contribution < -0.4 is 0 Å². The Hall–Kier alpha value is -2.25. The Balaban J connectivity index is 1.41. The molecule has 1 N–H and O–H groups in total. The molecular weight excluding hydrogens is 318 g/mol. The maximum absolute atomic E-state index is 12.7. The standard InChI is InChI=1S/C18H23N5O2/c24-17(15-4-5-16(19-12-15)23-10-3-7-20-23)22-11-6-18(25,14-22)13-21-8-1-2-9-21/h3-5,7,10,12,25H,1-2,6,8-9,11,13-14H2. The summed E-state index contributed by atoms with van der Waals surface area (Å²) >= 11 is 0. The van der Waals surface area contributed by atoms with Gasteiger partial charge < -0.3 is 14.9 Å². The topological polar surface area (TPSA) is 74.5 Å². The van der Waals surface area contributed by atoms with E-state index in [-0.39, 0.29) is 5.91 Å². The molecule has 7 nitrogen and oxygen atoms in total. The van der Waals surface area contributed by atoms with Crippen LogP contribution in [0.3, 0.4) is 0 Å². The van der Waals surface area contributed by atoms with E-state index in [0.29, 0.717) is 37.4 Å². The fourth-order valence-electron chi connectivity index (χ4n) is 3.75. The third kappa shape index (κ3) is 3.43. The number of pyridine rings is 1. The van der Waals surface area contributed by atoms with Gasteiger partial charge in [-0.15, -0.1) is 0 Å². The van der Waals surface area contributed by atoms with Crippen molar-refractivity contribution in [1.29, 1.82) is 0 Å². The minimum atomic E-state index is -0.789. The molecule has 2 fully saturated rings. The van der Waals surface area contributed by atoms with E-state index in [1.54, 1.807) is 34.1 Å². The van der Waals surface area contributed by atoms with Crippen LogP contribution >= 0.6 is 0 Å². The van der Waals surface area contributed by atoms with Gasteiger partial charge in [-0.2, -0.15) is 5.10 Å². The zero-order valence-electron chi connectivity index (χ0n) is 14.2. The third-order valence-corrected chi connectivity index (χ3v) is 5.07. The van der Waals surface area contributed by atoms with Gasteiger partial charge in [-0.3, -0.25) is 4.79 Å². The number of amides is 1. The lowest BCUT2D eigenvalue weighted by atomic mass is 10.0. The van der Waals surface area contributed by atoms with Crippen LogP contribution in [0.25, 0.3) is 5.82 Å². The lowest BCUT2D eigenvalue weighted by Gasteiger charge is -2.28. The molecule has 25 heavy (non-hydrogen) atoms. The smallest absolute Gasteiger partial charge is 0.255 e. The highest BCUT2D eigenvalue weighted by atomic mass is 16.3. The van der Waals surface area contributed by atoms with Crippen molar-refractivity contribution in [2.75, 3.05) is 32.7 Å². The van der Waals surface area contributed by atoms with E-state index in [0.717, 1.165) is 13.1 Å². The summed E-state index contributed by atoms with van der Waals surface area (Å²) in [6.45, 7) is 3.74. The number of β-amino-alcohol motifs (C(OH)–C–C–N with tert-alkyl or cyclic N) is 1. The van der Waals surface area contributed by atoms with Gasteiger partial charge in [0, 0.05) is 31.7 Å². The third-order valence-electron chi connectivity index (χ3n) is 5.07. The van der Waals surface area contributed by atoms with Crippen LogP contribution in [0.5, 0.6) is 0 Å². The van der Waals surface area contributed by atoms with E-state index in [1.165, 1.54) is 12.8 Å². The molecule has 0 spiro atoms. The van der Waals surface area contributed by atoms with Gasteiger partial charge in [0.05, 0.1) is 17.7 Å². The van der Waals surface area contributed by atoms with Crippen LogP contribution in [-0.2, 0) is 0 Å². The lowest BCUT2D eigenvalue weighted by molar-refractivity contribution is 0.0175. The first-order valence-electron chi connectivity index (χ1n) is 8.83. The average molecular weight is 341 g/mol. The zero-order valence-corrected chi connectivity index (χ0v) is 14.2. The molecule has 2 aliphatic rings. The van der Waals surface area contributed by atoms with Crippen LogP contribution in [0.15, 0.2) is 36.8 Å². The van der Waals surface area contributed by atoms with E-state index in [4.69, 9.17) is 0 Å². The van der Waals surface area contributed by atoms with E-state index in [9.17, 15) is 9.90 Å². The quantitative estimate of drug-likeness (QED) is 0.896. The Morgan fingerprint density at radius 1 is 1.24 bits per heavy atom. The van der Waals surface area contributed by atoms with Crippen LogP contribution in [0, 0.1) is 0 Å². The summed E-state index contributed by atoms with van der Waals surface area (Å²) < 4.78 is 1.65. The van der Waals surface area contributed by atoms with Crippen molar-refractivity contribution >= 4 is 5.91 Å². The molecule has 0 aromatic carbocycles. The summed E-state index contributed by atoms with van der Waals surface area (Å²) in [5, 5.41) is 15.0. The molecule has 4 heterocycles. The molecule has 132 valence electrons. The second kappa shape index (κ2) is 6.57. The highest BCUT2D eigenvalue weighted by Crippen LogP contribution is 2.25. The fourth-order valence-corrected chi connectivity index (χ4v) is 3.75. The van der Waals surface area contributed by atoms with Crippen molar-refractivity contribution in [3.05, 3.63) is 42.4 Å². The van der Waals surface area contributed by atoms with Gasteiger partial charge in [-0.05, 0) is 50.6 Å². The van der Waals surface area contributed by atoms with Gasteiger partial charge in [0.15, 0.2) is 5.82 Å². The molecule has 1 amide bonds. The minimum absolute atomic E-state index is 0.0723. The molecule has 2 saturated heterocycles. The number of nitrogens with zero attached hydrogens (tertiary/aromatic N) is 5. The Morgan fingerprint density at radius 3 is 2.76 bits per heavy atom. The molecule has 0 aliphatic carbocycles. The Kier molecular flexibility index (Phi) is 4.27. The SMILES string of the molecule is O=C(c1ccc(-n2cccn2)nc1)N1CCC(O)(CN2CCCC2)C1. The van der Waals surface area contributed by atoms with Crippen molar-refractivity contribution in [3.63, 3.8) is 0 Å². The highest BCUT2D eigenvalue weighted by Gasteiger charge is 2.40. The molecule has 2 aliphatic heterocycles. The zero-order chi connectivity index (χ0) is 17.3. The predicted octanol–water partition coefficient (Wildman–Crippen LogP) is 0.940.